The lowest BCUT2D eigenvalue weighted by atomic mass is 10.1. The predicted molar refractivity (Wildman–Crippen MR) is 116 cm³/mol. The Balaban J connectivity index is 1.75. The van der Waals surface area contributed by atoms with Crippen LogP contribution in [-0.2, 0) is 22.6 Å². The maximum atomic E-state index is 12.9. The van der Waals surface area contributed by atoms with Gasteiger partial charge in [0.1, 0.15) is 0 Å². The molecular weight excluding hydrogens is 465 g/mol. The molecule has 0 aliphatic heterocycles. The van der Waals surface area contributed by atoms with E-state index in [1.807, 2.05) is 30.3 Å². The molecule has 0 fully saturated rings. The van der Waals surface area contributed by atoms with Crippen molar-refractivity contribution in [3.05, 3.63) is 94.5 Å². The van der Waals surface area contributed by atoms with Crippen LogP contribution in [0.4, 0.5) is 18.9 Å². The number of carbonyl (C=O) groups is 1. The minimum absolute atomic E-state index is 0.0419. The Morgan fingerprint density at radius 3 is 2.34 bits per heavy atom. The quantitative estimate of drug-likeness (QED) is 0.490. The fourth-order valence-electron chi connectivity index (χ4n) is 2.88. The van der Waals surface area contributed by atoms with Gasteiger partial charge >= 0.3 is 6.18 Å². The molecule has 0 aliphatic carbocycles. The topological polar surface area (TPSA) is 75.3 Å². The summed E-state index contributed by atoms with van der Waals surface area (Å²) in [5.74, 6) is -0.568. The Morgan fingerprint density at radius 1 is 0.938 bits per heavy atom. The Kier molecular flexibility index (Phi) is 7.10. The van der Waals surface area contributed by atoms with E-state index in [4.69, 9.17) is 11.6 Å². The van der Waals surface area contributed by atoms with Gasteiger partial charge in [0.05, 0.1) is 21.0 Å². The minimum atomic E-state index is -4.62. The van der Waals surface area contributed by atoms with E-state index in [9.17, 15) is 26.4 Å². The molecule has 3 rings (SSSR count). The number of alkyl halides is 3. The molecule has 3 aromatic rings. The second kappa shape index (κ2) is 9.62. The van der Waals surface area contributed by atoms with Crippen molar-refractivity contribution in [1.29, 1.82) is 0 Å². The molecule has 32 heavy (non-hydrogen) atoms. The lowest BCUT2D eigenvalue weighted by Gasteiger charge is -2.13. The van der Waals surface area contributed by atoms with Gasteiger partial charge in [0.2, 0.25) is 0 Å². The van der Waals surface area contributed by atoms with Crippen LogP contribution in [0.5, 0.6) is 0 Å². The van der Waals surface area contributed by atoms with Gasteiger partial charge in [-0.1, -0.05) is 48.0 Å². The summed E-state index contributed by atoms with van der Waals surface area (Å²) in [7, 11) is -4.27. The second-order valence-electron chi connectivity index (χ2n) is 6.82. The molecule has 0 atom stereocenters. The van der Waals surface area contributed by atoms with Crippen LogP contribution >= 0.6 is 11.6 Å². The summed E-state index contributed by atoms with van der Waals surface area (Å²) in [6.45, 7) is 0.304. The third-order valence-electron chi connectivity index (χ3n) is 4.48. The van der Waals surface area contributed by atoms with E-state index in [1.54, 1.807) is 0 Å². The van der Waals surface area contributed by atoms with Crippen LogP contribution in [0.25, 0.3) is 0 Å². The number of hydrogen-bond acceptors (Lipinski definition) is 3. The predicted octanol–water partition coefficient (Wildman–Crippen LogP) is 5.13. The highest BCUT2D eigenvalue weighted by Gasteiger charge is 2.30. The van der Waals surface area contributed by atoms with Crippen LogP contribution < -0.4 is 10.0 Å². The maximum absolute atomic E-state index is 12.9. The molecule has 0 saturated carbocycles. The van der Waals surface area contributed by atoms with Crippen LogP contribution in [0, 0.1) is 0 Å². The highest BCUT2D eigenvalue weighted by Crippen LogP contribution is 2.31. The normalized spacial score (nSPS) is 11.8. The summed E-state index contributed by atoms with van der Waals surface area (Å²) in [6.07, 6.45) is -4.05. The number of amides is 1. The molecule has 2 N–H and O–H groups in total. The first-order valence-corrected chi connectivity index (χ1v) is 11.2. The number of rotatable bonds is 7. The summed E-state index contributed by atoms with van der Waals surface area (Å²) in [4.78, 5) is 12.2. The summed E-state index contributed by atoms with van der Waals surface area (Å²) >= 11 is 6.07. The second-order valence-corrected chi connectivity index (χ2v) is 8.91. The number of hydrogen-bond donors (Lipinski definition) is 2. The van der Waals surface area contributed by atoms with Crippen molar-refractivity contribution < 1.29 is 26.4 Å². The van der Waals surface area contributed by atoms with E-state index < -0.39 is 27.7 Å². The molecule has 0 bridgehead atoms. The Hall–Kier alpha value is -3.04. The Labute approximate surface area is 188 Å². The smallest absolute Gasteiger partial charge is 0.352 e. The van der Waals surface area contributed by atoms with E-state index in [1.165, 1.54) is 18.2 Å². The van der Waals surface area contributed by atoms with Crippen LogP contribution in [0.2, 0.25) is 5.02 Å². The molecule has 168 valence electrons. The zero-order valence-electron chi connectivity index (χ0n) is 16.5. The Morgan fingerprint density at radius 2 is 1.66 bits per heavy atom. The highest BCUT2D eigenvalue weighted by molar-refractivity contribution is 7.92. The fourth-order valence-corrected chi connectivity index (χ4v) is 4.16. The van der Waals surface area contributed by atoms with E-state index >= 15 is 0 Å². The van der Waals surface area contributed by atoms with E-state index in [-0.39, 0.29) is 21.2 Å². The Bertz CT molecular complexity index is 1220. The van der Waals surface area contributed by atoms with Crippen molar-refractivity contribution in [2.45, 2.75) is 17.5 Å². The lowest BCUT2D eigenvalue weighted by Crippen LogP contribution is -2.26. The van der Waals surface area contributed by atoms with Crippen molar-refractivity contribution >= 4 is 33.2 Å². The van der Waals surface area contributed by atoms with E-state index in [0.717, 1.165) is 23.8 Å². The van der Waals surface area contributed by atoms with Crippen molar-refractivity contribution in [3.8, 4) is 0 Å². The average Bonchev–Trinajstić information content (AvgIpc) is 2.74. The van der Waals surface area contributed by atoms with Gasteiger partial charge in [-0.25, -0.2) is 8.42 Å². The van der Waals surface area contributed by atoms with Gasteiger partial charge in [0.15, 0.2) is 0 Å². The summed E-state index contributed by atoms with van der Waals surface area (Å²) in [5.41, 5.74) is -0.303. The van der Waals surface area contributed by atoms with Crippen LogP contribution in [0.1, 0.15) is 21.5 Å². The molecule has 0 aliphatic rings. The third kappa shape index (κ3) is 6.02. The third-order valence-corrected chi connectivity index (χ3v) is 6.19. The van der Waals surface area contributed by atoms with E-state index in [0.29, 0.717) is 19.0 Å². The number of sulfonamides is 1. The maximum Gasteiger partial charge on any atom is 0.416 e. The van der Waals surface area contributed by atoms with Crippen LogP contribution in [0.3, 0.4) is 0 Å². The van der Waals surface area contributed by atoms with Gasteiger partial charge in [-0.3, -0.25) is 9.52 Å². The molecule has 0 heterocycles. The number of carbonyl (C=O) groups excluding carboxylic acids is 1. The molecule has 0 spiro atoms. The number of halogens is 4. The molecular formula is C22H18ClF3N2O3S. The molecule has 3 aromatic carbocycles. The molecule has 0 radical (unpaired) electrons. The van der Waals surface area contributed by atoms with Gasteiger partial charge in [0.25, 0.3) is 15.9 Å². The monoisotopic (exact) mass is 482 g/mol. The SMILES string of the molecule is O=C(NCCc1ccccc1)c1cc(S(=O)(=O)Nc2cccc(C(F)(F)F)c2)ccc1Cl. The summed E-state index contributed by atoms with van der Waals surface area (Å²) in [5, 5.41) is 2.72. The first-order valence-electron chi connectivity index (χ1n) is 9.38. The largest absolute Gasteiger partial charge is 0.416 e. The molecule has 10 heteroatoms. The molecule has 5 nitrogen and oxygen atoms in total. The van der Waals surface area contributed by atoms with Crippen molar-refractivity contribution in [2.75, 3.05) is 11.3 Å². The first-order chi connectivity index (χ1) is 15.1. The minimum Gasteiger partial charge on any atom is -0.352 e. The van der Waals surface area contributed by atoms with Crippen molar-refractivity contribution in [2.24, 2.45) is 0 Å². The van der Waals surface area contributed by atoms with Gasteiger partial charge in [-0.05, 0) is 48.4 Å². The van der Waals surface area contributed by atoms with Gasteiger partial charge in [-0.2, -0.15) is 13.2 Å². The number of nitrogens with one attached hydrogen (secondary N) is 2. The van der Waals surface area contributed by atoms with Gasteiger partial charge in [0, 0.05) is 12.2 Å². The standard InChI is InChI=1S/C22H18ClF3N2O3S/c23-20-10-9-18(14-19(20)21(29)27-12-11-15-5-2-1-3-6-15)32(30,31)28-17-8-4-7-16(13-17)22(24,25)26/h1-10,13-14,28H,11-12H2,(H,27,29). The van der Waals surface area contributed by atoms with Crippen LogP contribution in [-0.4, -0.2) is 20.9 Å². The summed E-state index contributed by atoms with van der Waals surface area (Å²) in [6, 6.07) is 16.7. The van der Waals surface area contributed by atoms with Crippen molar-refractivity contribution in [1.82, 2.24) is 5.32 Å². The van der Waals surface area contributed by atoms with Crippen LogP contribution in [0.15, 0.2) is 77.7 Å². The zero-order chi connectivity index (χ0) is 23.4. The molecule has 1 amide bonds. The summed E-state index contributed by atoms with van der Waals surface area (Å²) < 4.78 is 66.1. The number of anilines is 1. The van der Waals surface area contributed by atoms with Gasteiger partial charge < -0.3 is 5.32 Å². The average molecular weight is 483 g/mol. The number of benzene rings is 3. The molecule has 0 unspecified atom stereocenters. The fraction of sp³-hybridized carbons (Fsp3) is 0.136. The van der Waals surface area contributed by atoms with E-state index in [2.05, 4.69) is 10.0 Å². The van der Waals surface area contributed by atoms with Gasteiger partial charge in [-0.15, -0.1) is 0 Å². The lowest BCUT2D eigenvalue weighted by molar-refractivity contribution is -0.137. The molecule has 0 saturated heterocycles. The highest BCUT2D eigenvalue weighted by atomic mass is 35.5. The first kappa shape index (κ1) is 23.6. The van der Waals surface area contributed by atoms with Crippen molar-refractivity contribution in [3.63, 3.8) is 0 Å². The zero-order valence-corrected chi connectivity index (χ0v) is 18.1. The molecule has 0 aromatic heterocycles.